The molecule has 7 heteroatoms. The minimum Gasteiger partial charge on any atom is -0.351 e. The van der Waals surface area contributed by atoms with Gasteiger partial charge in [0.05, 0.1) is 17.4 Å². The van der Waals surface area contributed by atoms with Crippen LogP contribution in [0.4, 0.5) is 5.69 Å². The van der Waals surface area contributed by atoms with Crippen LogP contribution in [0.2, 0.25) is 0 Å². The van der Waals surface area contributed by atoms with Crippen molar-refractivity contribution in [2.45, 2.75) is 31.2 Å². The first kappa shape index (κ1) is 15.8. The number of carbonyl (C=O) groups excluding carboxylic acids is 1. The molecule has 3 rings (SSSR count). The van der Waals surface area contributed by atoms with E-state index < -0.39 is 10.0 Å². The summed E-state index contributed by atoms with van der Waals surface area (Å²) >= 11 is 0. The van der Waals surface area contributed by atoms with Crippen molar-refractivity contribution in [3.63, 3.8) is 0 Å². The van der Waals surface area contributed by atoms with Crippen LogP contribution in [0.15, 0.2) is 35.2 Å². The Labute approximate surface area is 135 Å². The molecule has 6 nitrogen and oxygen atoms in total. The van der Waals surface area contributed by atoms with E-state index in [1.165, 1.54) is 6.07 Å². The number of carbonyl (C=O) groups is 1. The van der Waals surface area contributed by atoms with Crippen molar-refractivity contribution in [2.75, 3.05) is 5.32 Å². The maximum Gasteiger partial charge on any atom is 0.240 e. The predicted molar refractivity (Wildman–Crippen MR) is 87.7 cm³/mol. The van der Waals surface area contributed by atoms with Gasteiger partial charge in [-0.05, 0) is 49.7 Å². The van der Waals surface area contributed by atoms with Crippen molar-refractivity contribution in [3.8, 4) is 0 Å². The van der Waals surface area contributed by atoms with E-state index in [1.54, 1.807) is 19.1 Å². The number of aromatic nitrogens is 1. The molecule has 1 atom stereocenters. The third-order valence-corrected chi connectivity index (χ3v) is 5.77. The van der Waals surface area contributed by atoms with Crippen LogP contribution in [0, 0.1) is 6.92 Å². The van der Waals surface area contributed by atoms with Gasteiger partial charge in [0.15, 0.2) is 0 Å². The van der Waals surface area contributed by atoms with Crippen molar-refractivity contribution >= 4 is 21.6 Å². The van der Waals surface area contributed by atoms with E-state index in [0.717, 1.165) is 11.4 Å². The van der Waals surface area contributed by atoms with Crippen LogP contribution in [-0.4, -0.2) is 18.9 Å². The Morgan fingerprint density at radius 2 is 2.00 bits per heavy atom. The topological polar surface area (TPSA) is 80.2 Å². The van der Waals surface area contributed by atoms with Crippen LogP contribution in [-0.2, 0) is 28.4 Å². The van der Waals surface area contributed by atoms with E-state index in [0.29, 0.717) is 11.3 Å². The van der Waals surface area contributed by atoms with E-state index in [9.17, 15) is 13.2 Å². The average Bonchev–Trinajstić information content (AvgIpc) is 2.98. The SMILES string of the molecule is Cc1ccc(CNS(=O)(=O)c2ccc3c(c2)[C@H](C)C(=O)N3)n1C. The summed E-state index contributed by atoms with van der Waals surface area (Å²) < 4.78 is 29.5. The molecule has 2 heterocycles. The molecule has 0 radical (unpaired) electrons. The average molecular weight is 333 g/mol. The zero-order valence-electron chi connectivity index (χ0n) is 13.3. The van der Waals surface area contributed by atoms with Gasteiger partial charge >= 0.3 is 0 Å². The summed E-state index contributed by atoms with van der Waals surface area (Å²) in [6.45, 7) is 3.94. The Hall–Kier alpha value is -2.12. The molecule has 1 aromatic heterocycles. The summed E-state index contributed by atoms with van der Waals surface area (Å²) in [5.41, 5.74) is 3.35. The lowest BCUT2D eigenvalue weighted by Crippen LogP contribution is -2.24. The Morgan fingerprint density at radius 1 is 1.26 bits per heavy atom. The molecule has 0 saturated carbocycles. The molecule has 1 aromatic carbocycles. The number of nitrogens with one attached hydrogen (secondary N) is 2. The van der Waals surface area contributed by atoms with Gasteiger partial charge in [0, 0.05) is 24.1 Å². The number of hydrogen-bond donors (Lipinski definition) is 2. The summed E-state index contributed by atoms with van der Waals surface area (Å²) in [5.74, 6) is -0.447. The summed E-state index contributed by atoms with van der Waals surface area (Å²) in [4.78, 5) is 11.8. The highest BCUT2D eigenvalue weighted by Gasteiger charge is 2.28. The molecule has 0 fully saturated rings. The van der Waals surface area contributed by atoms with E-state index in [4.69, 9.17) is 0 Å². The highest BCUT2D eigenvalue weighted by Crippen LogP contribution is 2.33. The van der Waals surface area contributed by atoms with Gasteiger partial charge in [-0.25, -0.2) is 13.1 Å². The highest BCUT2D eigenvalue weighted by atomic mass is 32.2. The summed E-state index contributed by atoms with van der Waals surface area (Å²) in [7, 11) is -1.73. The van der Waals surface area contributed by atoms with Crippen LogP contribution in [0.25, 0.3) is 0 Å². The minimum absolute atomic E-state index is 0.109. The van der Waals surface area contributed by atoms with Crippen molar-refractivity contribution in [1.82, 2.24) is 9.29 Å². The van der Waals surface area contributed by atoms with Crippen molar-refractivity contribution in [3.05, 3.63) is 47.3 Å². The van der Waals surface area contributed by atoms with Crippen LogP contribution in [0.5, 0.6) is 0 Å². The third kappa shape index (κ3) is 2.77. The minimum atomic E-state index is -3.63. The van der Waals surface area contributed by atoms with E-state index >= 15 is 0 Å². The first-order valence-corrected chi connectivity index (χ1v) is 8.83. The van der Waals surface area contributed by atoms with Gasteiger partial charge in [-0.3, -0.25) is 4.79 Å². The second-order valence-corrected chi connectivity index (χ2v) is 7.58. The van der Waals surface area contributed by atoms with Gasteiger partial charge in [0.25, 0.3) is 0 Å². The highest BCUT2D eigenvalue weighted by molar-refractivity contribution is 7.89. The Kier molecular flexibility index (Phi) is 3.77. The van der Waals surface area contributed by atoms with Gasteiger partial charge in [-0.15, -0.1) is 0 Å². The lowest BCUT2D eigenvalue weighted by Gasteiger charge is -2.10. The van der Waals surface area contributed by atoms with Crippen LogP contribution in [0.3, 0.4) is 0 Å². The maximum atomic E-state index is 12.5. The molecule has 0 aliphatic carbocycles. The molecule has 2 aromatic rings. The molecule has 0 unspecified atom stereocenters. The largest absolute Gasteiger partial charge is 0.351 e. The molecule has 1 aliphatic rings. The molecule has 0 bridgehead atoms. The molecule has 1 aliphatic heterocycles. The number of fused-ring (bicyclic) bond motifs is 1. The van der Waals surface area contributed by atoms with Gasteiger partial charge in [-0.2, -0.15) is 0 Å². The standard InChI is InChI=1S/C16H19N3O3S/c1-10-4-5-12(19(10)3)9-17-23(21,22)13-6-7-15-14(8-13)11(2)16(20)18-15/h4-8,11,17H,9H2,1-3H3,(H,18,20)/t11-/m0/s1. The van der Waals surface area contributed by atoms with Crippen molar-refractivity contribution < 1.29 is 13.2 Å². The van der Waals surface area contributed by atoms with Gasteiger partial charge < -0.3 is 9.88 Å². The lowest BCUT2D eigenvalue weighted by atomic mass is 10.0. The first-order valence-electron chi connectivity index (χ1n) is 7.35. The number of amides is 1. The molecular formula is C16H19N3O3S. The normalized spacial score (nSPS) is 17.2. The molecule has 1 amide bonds. The van der Waals surface area contributed by atoms with Crippen LogP contribution < -0.4 is 10.0 Å². The second-order valence-electron chi connectivity index (χ2n) is 5.81. The number of rotatable bonds is 4. The predicted octanol–water partition coefficient (Wildman–Crippen LogP) is 1.87. The van der Waals surface area contributed by atoms with E-state index in [2.05, 4.69) is 10.0 Å². The fourth-order valence-corrected chi connectivity index (χ4v) is 3.69. The zero-order chi connectivity index (χ0) is 16.8. The summed E-state index contributed by atoms with van der Waals surface area (Å²) in [6, 6.07) is 8.55. The number of benzene rings is 1. The van der Waals surface area contributed by atoms with Crippen LogP contribution in [0.1, 0.15) is 29.8 Å². The Morgan fingerprint density at radius 3 is 2.65 bits per heavy atom. The fraction of sp³-hybridized carbons (Fsp3) is 0.312. The summed E-state index contributed by atoms with van der Waals surface area (Å²) in [5, 5.41) is 2.74. The third-order valence-electron chi connectivity index (χ3n) is 4.37. The Bertz CT molecular complexity index is 884. The zero-order valence-corrected chi connectivity index (χ0v) is 14.1. The first-order chi connectivity index (χ1) is 10.8. The Balaban J connectivity index is 1.83. The van der Waals surface area contributed by atoms with Crippen molar-refractivity contribution in [1.29, 1.82) is 0 Å². The van der Waals surface area contributed by atoms with Crippen molar-refractivity contribution in [2.24, 2.45) is 7.05 Å². The molecular weight excluding hydrogens is 314 g/mol. The number of nitrogens with zero attached hydrogens (tertiary/aromatic N) is 1. The van der Waals surface area contributed by atoms with Gasteiger partial charge in [0.2, 0.25) is 15.9 Å². The van der Waals surface area contributed by atoms with Crippen LogP contribution >= 0.6 is 0 Å². The molecule has 122 valence electrons. The van der Waals surface area contributed by atoms with E-state index in [-0.39, 0.29) is 23.3 Å². The monoisotopic (exact) mass is 333 g/mol. The fourth-order valence-electron chi connectivity index (χ4n) is 2.66. The van der Waals surface area contributed by atoms with Gasteiger partial charge in [-0.1, -0.05) is 0 Å². The number of sulfonamides is 1. The van der Waals surface area contributed by atoms with E-state index in [1.807, 2.05) is 30.7 Å². The number of anilines is 1. The summed E-state index contributed by atoms with van der Waals surface area (Å²) in [6.07, 6.45) is 0. The molecule has 0 saturated heterocycles. The lowest BCUT2D eigenvalue weighted by molar-refractivity contribution is -0.116. The smallest absolute Gasteiger partial charge is 0.240 e. The van der Waals surface area contributed by atoms with Gasteiger partial charge in [0.1, 0.15) is 0 Å². The second kappa shape index (κ2) is 5.50. The maximum absolute atomic E-state index is 12.5. The molecule has 0 spiro atoms. The molecule has 23 heavy (non-hydrogen) atoms. The quantitative estimate of drug-likeness (QED) is 0.896. The number of hydrogen-bond acceptors (Lipinski definition) is 3. The molecule has 2 N–H and O–H groups in total. The number of aryl methyl sites for hydroxylation is 1.